The summed E-state index contributed by atoms with van der Waals surface area (Å²) in [5.41, 5.74) is 0. The lowest BCUT2D eigenvalue weighted by Gasteiger charge is -1.93. The Balaban J connectivity index is 2.74. The molecule has 0 amide bonds. The van der Waals surface area contributed by atoms with Crippen molar-refractivity contribution >= 4 is 21.9 Å². The predicted octanol–water partition coefficient (Wildman–Crippen LogP) is 0.822. The molecule has 0 saturated heterocycles. The molecule has 0 aliphatic rings. The van der Waals surface area contributed by atoms with Crippen molar-refractivity contribution in [3.05, 3.63) is 12.2 Å². The number of nitrogens with zero attached hydrogens (tertiary/aromatic N) is 3. The number of hydrogen-bond acceptors (Lipinski definition) is 6. The first kappa shape index (κ1) is 13.0. The third-order valence-corrected chi connectivity index (χ3v) is 2.90. The van der Waals surface area contributed by atoms with Gasteiger partial charge in [-0.05, 0) is 6.92 Å². The normalized spacial score (nSPS) is 12.2. The molecule has 1 heterocycles. The van der Waals surface area contributed by atoms with Crippen LogP contribution in [-0.2, 0) is 17.2 Å². The molecule has 1 rings (SSSR count). The minimum absolute atomic E-state index is 0.145. The van der Waals surface area contributed by atoms with Gasteiger partial charge in [-0.25, -0.2) is 4.68 Å². The Bertz CT molecular complexity index is 479. The molecule has 0 aliphatic heterocycles. The highest BCUT2D eigenvalue weighted by Gasteiger charge is 2.12. The summed E-state index contributed by atoms with van der Waals surface area (Å²) in [6.45, 7) is 1.93. The Morgan fingerprint density at radius 2 is 2.25 bits per heavy atom. The fourth-order valence-electron chi connectivity index (χ4n) is 0.863. The molecular weight excluding hydrogens is 250 g/mol. The van der Waals surface area contributed by atoms with Crippen molar-refractivity contribution < 1.29 is 12.6 Å². The van der Waals surface area contributed by atoms with Gasteiger partial charge in [-0.15, -0.1) is 5.10 Å². The Morgan fingerprint density at radius 3 is 2.81 bits per heavy atom. The molecule has 0 atom stereocenters. The fraction of sp³-hybridized carbons (Fsp3) is 0.500. The second-order valence-corrected chi connectivity index (χ2v) is 5.53. The maximum Gasteiger partial charge on any atom is 0.352 e. The maximum atomic E-state index is 10.9. The molecule has 0 saturated carbocycles. The van der Waals surface area contributed by atoms with Gasteiger partial charge in [0.15, 0.2) is 5.16 Å². The van der Waals surface area contributed by atoms with Crippen LogP contribution >= 0.6 is 11.8 Å². The number of aryl methyl sites for hydroxylation is 1. The minimum Gasteiger partial charge on any atom is -0.342 e. The smallest absolute Gasteiger partial charge is 0.342 e. The lowest BCUT2D eigenvalue weighted by atomic mass is 10.6. The summed E-state index contributed by atoms with van der Waals surface area (Å²) in [6, 6.07) is -0.145. The van der Waals surface area contributed by atoms with Gasteiger partial charge >= 0.3 is 16.1 Å². The zero-order valence-electron chi connectivity index (χ0n) is 9.24. The molecule has 0 fully saturated rings. The summed E-state index contributed by atoms with van der Waals surface area (Å²) in [4.78, 5) is 3.95. The Hall–Kier alpha value is -1.02. The van der Waals surface area contributed by atoms with Gasteiger partial charge in [0.25, 0.3) is 0 Å². The monoisotopic (exact) mass is 263 g/mol. The van der Waals surface area contributed by atoms with Crippen LogP contribution < -0.4 is 4.18 Å². The molecular formula is C8H13N3O3S2. The lowest BCUT2D eigenvalue weighted by molar-refractivity contribution is 0.468. The minimum atomic E-state index is -3.57. The number of allylic oxidation sites excluding steroid dienone is 1. The standard InChI is InChI=1S/C8H13N3O3S2/c1-4-5-6-15-8-9-7(10-11(8)2)14-16(3,12)13/h4-5H,6H2,1-3H3. The summed E-state index contributed by atoms with van der Waals surface area (Å²) in [6.07, 6.45) is 4.85. The Kier molecular flexibility index (Phi) is 4.36. The molecule has 0 N–H and O–H groups in total. The lowest BCUT2D eigenvalue weighted by Crippen LogP contribution is -2.07. The number of thioether (sulfide) groups is 1. The Morgan fingerprint density at radius 1 is 1.56 bits per heavy atom. The van der Waals surface area contributed by atoms with Gasteiger partial charge in [0.1, 0.15) is 0 Å². The van der Waals surface area contributed by atoms with Crippen LogP contribution in [0.2, 0.25) is 0 Å². The number of rotatable bonds is 5. The van der Waals surface area contributed by atoms with Crippen LogP contribution in [0.15, 0.2) is 17.3 Å². The molecule has 0 radical (unpaired) electrons. The van der Waals surface area contributed by atoms with Crippen LogP contribution in [-0.4, -0.2) is 35.2 Å². The van der Waals surface area contributed by atoms with E-state index in [1.54, 1.807) is 7.05 Å². The van der Waals surface area contributed by atoms with E-state index in [1.165, 1.54) is 16.4 Å². The first-order chi connectivity index (χ1) is 7.42. The van der Waals surface area contributed by atoms with Crippen LogP contribution in [0.3, 0.4) is 0 Å². The van der Waals surface area contributed by atoms with Gasteiger partial charge in [0, 0.05) is 12.8 Å². The van der Waals surface area contributed by atoms with Crippen molar-refractivity contribution in [2.75, 3.05) is 12.0 Å². The number of aromatic nitrogens is 3. The van der Waals surface area contributed by atoms with E-state index < -0.39 is 10.1 Å². The van der Waals surface area contributed by atoms with Crippen molar-refractivity contribution in [1.29, 1.82) is 0 Å². The fourth-order valence-corrected chi connectivity index (χ4v) is 2.01. The van der Waals surface area contributed by atoms with E-state index in [9.17, 15) is 8.42 Å². The largest absolute Gasteiger partial charge is 0.352 e. The first-order valence-corrected chi connectivity index (χ1v) is 7.27. The Labute approximate surface area is 98.8 Å². The van der Waals surface area contributed by atoms with E-state index in [0.717, 1.165) is 12.0 Å². The molecule has 8 heteroatoms. The second-order valence-electron chi connectivity index (χ2n) is 2.97. The molecule has 6 nitrogen and oxygen atoms in total. The molecule has 90 valence electrons. The number of hydrogen-bond donors (Lipinski definition) is 0. The van der Waals surface area contributed by atoms with E-state index in [0.29, 0.717) is 5.16 Å². The van der Waals surface area contributed by atoms with Gasteiger partial charge in [-0.3, -0.25) is 0 Å². The quantitative estimate of drug-likeness (QED) is 0.445. The van der Waals surface area contributed by atoms with Crippen molar-refractivity contribution in [3.63, 3.8) is 0 Å². The molecule has 1 aromatic heterocycles. The van der Waals surface area contributed by atoms with Crippen molar-refractivity contribution in [3.8, 4) is 6.01 Å². The average molecular weight is 263 g/mol. The first-order valence-electron chi connectivity index (χ1n) is 4.47. The van der Waals surface area contributed by atoms with Crippen LogP contribution in [0, 0.1) is 0 Å². The summed E-state index contributed by atoms with van der Waals surface area (Å²) in [5, 5.41) is 4.44. The second kappa shape index (κ2) is 5.35. The van der Waals surface area contributed by atoms with Crippen LogP contribution in [0.25, 0.3) is 0 Å². The maximum absolute atomic E-state index is 10.9. The predicted molar refractivity (Wildman–Crippen MR) is 62.0 cm³/mol. The van der Waals surface area contributed by atoms with Crippen LogP contribution in [0.4, 0.5) is 0 Å². The van der Waals surface area contributed by atoms with Crippen LogP contribution in [0.1, 0.15) is 6.92 Å². The van der Waals surface area contributed by atoms with E-state index in [-0.39, 0.29) is 6.01 Å². The highest BCUT2D eigenvalue weighted by atomic mass is 32.2. The summed E-state index contributed by atoms with van der Waals surface area (Å²) >= 11 is 1.45. The zero-order chi connectivity index (χ0) is 12.2. The summed E-state index contributed by atoms with van der Waals surface area (Å²) in [7, 11) is -1.89. The van der Waals surface area contributed by atoms with E-state index in [1.807, 2.05) is 19.1 Å². The van der Waals surface area contributed by atoms with Crippen molar-refractivity contribution in [2.45, 2.75) is 12.1 Å². The highest BCUT2D eigenvalue weighted by molar-refractivity contribution is 7.99. The van der Waals surface area contributed by atoms with Gasteiger partial charge in [0.05, 0.1) is 6.26 Å². The van der Waals surface area contributed by atoms with Gasteiger partial charge in [0.2, 0.25) is 0 Å². The van der Waals surface area contributed by atoms with Gasteiger partial charge in [-0.1, -0.05) is 23.9 Å². The van der Waals surface area contributed by atoms with Crippen molar-refractivity contribution in [2.24, 2.45) is 7.05 Å². The molecule has 0 bridgehead atoms. The molecule has 0 aliphatic carbocycles. The third kappa shape index (κ3) is 4.23. The zero-order valence-corrected chi connectivity index (χ0v) is 10.9. The van der Waals surface area contributed by atoms with E-state index in [4.69, 9.17) is 0 Å². The van der Waals surface area contributed by atoms with E-state index in [2.05, 4.69) is 14.3 Å². The molecule has 1 aromatic rings. The van der Waals surface area contributed by atoms with Crippen molar-refractivity contribution in [1.82, 2.24) is 14.8 Å². The van der Waals surface area contributed by atoms with Crippen LogP contribution in [0.5, 0.6) is 6.01 Å². The topological polar surface area (TPSA) is 74.1 Å². The summed E-state index contributed by atoms with van der Waals surface area (Å²) < 4.78 is 27.8. The third-order valence-electron chi connectivity index (χ3n) is 1.47. The summed E-state index contributed by atoms with van der Waals surface area (Å²) in [5.74, 6) is 0.751. The molecule has 0 unspecified atom stereocenters. The van der Waals surface area contributed by atoms with E-state index >= 15 is 0 Å². The SMILES string of the molecule is CC=CCSc1nc(OS(C)(=O)=O)nn1C. The average Bonchev–Trinajstić information content (AvgIpc) is 2.44. The molecule has 0 aromatic carbocycles. The highest BCUT2D eigenvalue weighted by Crippen LogP contribution is 2.18. The van der Waals surface area contributed by atoms with Gasteiger partial charge in [-0.2, -0.15) is 13.4 Å². The molecule has 0 spiro atoms. The molecule has 16 heavy (non-hydrogen) atoms. The van der Waals surface area contributed by atoms with Gasteiger partial charge < -0.3 is 4.18 Å².